The Morgan fingerprint density at radius 2 is 2.18 bits per heavy atom. The van der Waals surface area contributed by atoms with E-state index in [1.807, 2.05) is 24.9 Å². The topological polar surface area (TPSA) is 38.5 Å². The minimum absolute atomic E-state index is 0.175. The van der Waals surface area contributed by atoms with Gasteiger partial charge in [-0.3, -0.25) is 0 Å². The molecule has 0 radical (unpaired) electrons. The summed E-state index contributed by atoms with van der Waals surface area (Å²) in [4.78, 5) is 1.90. The lowest BCUT2D eigenvalue weighted by molar-refractivity contribution is 0.196. The Morgan fingerprint density at radius 1 is 1.47 bits per heavy atom. The van der Waals surface area contributed by atoms with Gasteiger partial charge in [0.1, 0.15) is 5.82 Å². The second kappa shape index (κ2) is 6.57. The van der Waals surface area contributed by atoms with Gasteiger partial charge in [-0.2, -0.15) is 0 Å². The van der Waals surface area contributed by atoms with Gasteiger partial charge in [0, 0.05) is 33.4 Å². The van der Waals surface area contributed by atoms with E-state index in [4.69, 9.17) is 10.5 Å². The van der Waals surface area contributed by atoms with Crippen LogP contribution in [-0.2, 0) is 4.74 Å². The highest BCUT2D eigenvalue weighted by Crippen LogP contribution is 2.27. The molecule has 96 valence electrons. The molecular formula is C13H21FN2O. The largest absolute Gasteiger partial charge is 0.385 e. The minimum atomic E-state index is -0.222. The van der Waals surface area contributed by atoms with E-state index >= 15 is 0 Å². The molecular weight excluding hydrogens is 219 g/mol. The smallest absolute Gasteiger partial charge is 0.146 e. The molecule has 0 fully saturated rings. The van der Waals surface area contributed by atoms with E-state index in [0.29, 0.717) is 12.3 Å². The van der Waals surface area contributed by atoms with Crippen LogP contribution in [0.5, 0.6) is 0 Å². The van der Waals surface area contributed by atoms with Crippen molar-refractivity contribution in [3.63, 3.8) is 0 Å². The molecule has 1 atom stereocenters. The Balaban J connectivity index is 2.87. The normalized spacial score (nSPS) is 12.5. The summed E-state index contributed by atoms with van der Waals surface area (Å²) >= 11 is 0. The Kier molecular flexibility index (Phi) is 5.38. The van der Waals surface area contributed by atoms with Crippen molar-refractivity contribution in [2.75, 3.05) is 32.2 Å². The van der Waals surface area contributed by atoms with Gasteiger partial charge in [0.25, 0.3) is 0 Å². The van der Waals surface area contributed by atoms with Crippen molar-refractivity contribution in [2.45, 2.75) is 19.4 Å². The number of nitrogens with zero attached hydrogens (tertiary/aromatic N) is 1. The number of hydrogen-bond acceptors (Lipinski definition) is 3. The van der Waals surface area contributed by atoms with Gasteiger partial charge in [-0.1, -0.05) is 12.1 Å². The van der Waals surface area contributed by atoms with Crippen LogP contribution >= 0.6 is 0 Å². The molecule has 0 saturated carbocycles. The van der Waals surface area contributed by atoms with Crippen LogP contribution in [0.4, 0.5) is 10.1 Å². The second-order valence-corrected chi connectivity index (χ2v) is 4.23. The molecule has 1 aromatic carbocycles. The van der Waals surface area contributed by atoms with Crippen LogP contribution < -0.4 is 10.6 Å². The maximum absolute atomic E-state index is 13.8. The predicted molar refractivity (Wildman–Crippen MR) is 68.8 cm³/mol. The quantitative estimate of drug-likeness (QED) is 0.775. The molecule has 2 N–H and O–H groups in total. The van der Waals surface area contributed by atoms with Gasteiger partial charge in [-0.15, -0.1) is 0 Å². The summed E-state index contributed by atoms with van der Waals surface area (Å²) in [5.74, 6) is -0.222. The first-order valence-electron chi connectivity index (χ1n) is 5.82. The van der Waals surface area contributed by atoms with Gasteiger partial charge in [0.05, 0.1) is 5.69 Å². The van der Waals surface area contributed by atoms with Crippen molar-refractivity contribution < 1.29 is 9.13 Å². The fraction of sp³-hybridized carbons (Fsp3) is 0.538. The lowest BCUT2D eigenvalue weighted by Crippen LogP contribution is -2.24. The zero-order valence-electron chi connectivity index (χ0n) is 10.7. The van der Waals surface area contributed by atoms with Gasteiger partial charge in [-0.05, 0) is 25.0 Å². The lowest BCUT2D eigenvalue weighted by atomic mass is 10.1. The number of rotatable bonds is 6. The molecule has 1 rings (SSSR count). The molecule has 4 heteroatoms. The molecule has 0 unspecified atom stereocenters. The number of methoxy groups -OCH3 is 1. The maximum atomic E-state index is 13.8. The third-order valence-corrected chi connectivity index (χ3v) is 2.73. The third kappa shape index (κ3) is 3.68. The highest BCUT2D eigenvalue weighted by atomic mass is 19.1. The second-order valence-electron chi connectivity index (χ2n) is 4.23. The predicted octanol–water partition coefficient (Wildman–Crippen LogP) is 2.32. The first-order valence-corrected chi connectivity index (χ1v) is 5.82. The zero-order valence-corrected chi connectivity index (χ0v) is 10.7. The van der Waals surface area contributed by atoms with Crippen LogP contribution in [0.15, 0.2) is 18.2 Å². The molecule has 0 heterocycles. The Bertz CT molecular complexity index is 355. The molecule has 1 aromatic rings. The van der Waals surface area contributed by atoms with Crippen molar-refractivity contribution in [3.8, 4) is 0 Å². The molecule has 17 heavy (non-hydrogen) atoms. The fourth-order valence-electron chi connectivity index (χ4n) is 1.86. The van der Waals surface area contributed by atoms with Gasteiger partial charge in [0.15, 0.2) is 0 Å². The van der Waals surface area contributed by atoms with Gasteiger partial charge in [-0.25, -0.2) is 4.39 Å². The monoisotopic (exact) mass is 240 g/mol. The number of anilines is 1. The highest BCUT2D eigenvalue weighted by Gasteiger charge is 2.14. The summed E-state index contributed by atoms with van der Waals surface area (Å²) in [5, 5.41) is 0. The van der Waals surface area contributed by atoms with E-state index in [1.165, 1.54) is 6.07 Å². The summed E-state index contributed by atoms with van der Waals surface area (Å²) in [6.45, 7) is 3.28. The molecule has 0 aliphatic heterocycles. The summed E-state index contributed by atoms with van der Waals surface area (Å²) in [6, 6.07) is 4.86. The van der Waals surface area contributed by atoms with Crippen LogP contribution in [0.25, 0.3) is 0 Å². The average molecular weight is 240 g/mol. The Labute approximate surface area is 102 Å². The molecule has 0 aromatic heterocycles. The van der Waals surface area contributed by atoms with E-state index in [0.717, 1.165) is 18.5 Å². The summed E-state index contributed by atoms with van der Waals surface area (Å²) < 4.78 is 18.8. The molecule has 0 bridgehead atoms. The maximum Gasteiger partial charge on any atom is 0.146 e. The van der Waals surface area contributed by atoms with E-state index in [1.54, 1.807) is 13.2 Å². The molecule has 0 spiro atoms. The van der Waals surface area contributed by atoms with E-state index in [-0.39, 0.29) is 11.9 Å². The van der Waals surface area contributed by atoms with Crippen molar-refractivity contribution in [3.05, 3.63) is 29.6 Å². The van der Waals surface area contributed by atoms with Gasteiger partial charge < -0.3 is 15.4 Å². The van der Waals surface area contributed by atoms with Crippen molar-refractivity contribution in [2.24, 2.45) is 5.73 Å². The van der Waals surface area contributed by atoms with Crippen LogP contribution in [0.2, 0.25) is 0 Å². The Hall–Kier alpha value is -1.13. The summed E-state index contributed by atoms with van der Waals surface area (Å²) in [6.07, 6.45) is 0.861. The fourth-order valence-corrected chi connectivity index (χ4v) is 1.86. The molecule has 0 amide bonds. The SMILES string of the molecule is COCCCN(C)c1c(F)cccc1[C@@H](C)N. The minimum Gasteiger partial charge on any atom is -0.385 e. The molecule has 3 nitrogen and oxygen atoms in total. The van der Waals surface area contributed by atoms with Crippen LogP contribution in [0, 0.1) is 5.82 Å². The summed E-state index contributed by atoms with van der Waals surface area (Å²) in [7, 11) is 3.54. The first-order chi connectivity index (χ1) is 8.07. The Morgan fingerprint density at radius 3 is 2.76 bits per heavy atom. The van der Waals surface area contributed by atoms with Gasteiger partial charge >= 0.3 is 0 Å². The van der Waals surface area contributed by atoms with Crippen LogP contribution in [-0.4, -0.2) is 27.3 Å². The number of ether oxygens (including phenoxy) is 1. The standard InChI is InChI=1S/C13H21FN2O/c1-10(15)11-6-4-7-12(14)13(11)16(2)8-5-9-17-3/h4,6-7,10H,5,8-9,15H2,1-3H3/t10-/m1/s1. The number of halogens is 1. The summed E-state index contributed by atoms with van der Waals surface area (Å²) in [5.41, 5.74) is 7.29. The van der Waals surface area contributed by atoms with Crippen molar-refractivity contribution in [1.82, 2.24) is 0 Å². The molecule has 0 saturated heterocycles. The zero-order chi connectivity index (χ0) is 12.8. The number of hydrogen-bond donors (Lipinski definition) is 1. The average Bonchev–Trinajstić information content (AvgIpc) is 2.28. The van der Waals surface area contributed by atoms with E-state index < -0.39 is 0 Å². The number of para-hydroxylation sites is 1. The lowest BCUT2D eigenvalue weighted by Gasteiger charge is -2.24. The van der Waals surface area contributed by atoms with E-state index in [2.05, 4.69) is 0 Å². The third-order valence-electron chi connectivity index (χ3n) is 2.73. The first kappa shape index (κ1) is 13.9. The van der Waals surface area contributed by atoms with Gasteiger partial charge in [0.2, 0.25) is 0 Å². The number of benzene rings is 1. The highest BCUT2D eigenvalue weighted by molar-refractivity contribution is 5.55. The number of nitrogens with two attached hydrogens (primary N) is 1. The molecule has 0 aliphatic rings. The van der Waals surface area contributed by atoms with Crippen molar-refractivity contribution in [1.29, 1.82) is 0 Å². The van der Waals surface area contributed by atoms with Crippen LogP contribution in [0.3, 0.4) is 0 Å². The van der Waals surface area contributed by atoms with Crippen molar-refractivity contribution >= 4 is 5.69 Å². The van der Waals surface area contributed by atoms with E-state index in [9.17, 15) is 4.39 Å². The molecule has 0 aliphatic carbocycles. The van der Waals surface area contributed by atoms with Crippen LogP contribution in [0.1, 0.15) is 24.9 Å².